The van der Waals surface area contributed by atoms with E-state index in [2.05, 4.69) is 4.72 Å². The van der Waals surface area contributed by atoms with Crippen molar-refractivity contribution in [3.05, 3.63) is 63.2 Å². The number of carbonyl (C=O) groups excluding carboxylic acids is 1. The van der Waals surface area contributed by atoms with Crippen LogP contribution in [0.5, 0.6) is 0 Å². The lowest BCUT2D eigenvalue weighted by Crippen LogP contribution is -2.30. The van der Waals surface area contributed by atoms with Gasteiger partial charge in [0.05, 0.1) is 5.41 Å². The van der Waals surface area contributed by atoms with Gasteiger partial charge in [0.15, 0.2) is 0 Å². The molecule has 1 N–H and O–H groups in total. The van der Waals surface area contributed by atoms with Crippen LogP contribution in [0.15, 0.2) is 47.9 Å². The van der Waals surface area contributed by atoms with E-state index in [1.54, 1.807) is 23.5 Å². The average molecular weight is 347 g/mol. The Bertz CT molecular complexity index is 838. The molecular formula is C17H17NO3S2. The van der Waals surface area contributed by atoms with E-state index in [0.717, 1.165) is 15.8 Å². The highest BCUT2D eigenvalue weighted by Gasteiger charge is 2.45. The number of benzene rings is 1. The molecule has 0 bridgehead atoms. The standard InChI is InChI=1S/C17H17NO3S2/c1-12-7-8-16(22-12)14-11-15(14)17(19)18-23(20,21)10-9-13-5-3-2-4-6-13/h2-10,14-15H,11H2,1H3,(H,18,19). The molecule has 23 heavy (non-hydrogen) atoms. The van der Waals surface area contributed by atoms with Gasteiger partial charge in [-0.05, 0) is 37.1 Å². The third kappa shape index (κ3) is 4.09. The normalized spacial score (nSPS) is 20.6. The third-order valence-electron chi connectivity index (χ3n) is 3.74. The second kappa shape index (κ2) is 6.29. The van der Waals surface area contributed by atoms with Crippen molar-refractivity contribution in [3.8, 4) is 0 Å². The molecule has 2 unspecified atom stereocenters. The van der Waals surface area contributed by atoms with E-state index in [0.29, 0.717) is 6.42 Å². The van der Waals surface area contributed by atoms with Crippen molar-refractivity contribution in [3.63, 3.8) is 0 Å². The van der Waals surface area contributed by atoms with Crippen LogP contribution in [-0.2, 0) is 14.8 Å². The molecule has 2 aromatic rings. The van der Waals surface area contributed by atoms with Gasteiger partial charge in [-0.15, -0.1) is 11.3 Å². The minimum atomic E-state index is -3.76. The molecule has 1 fully saturated rings. The fraction of sp³-hybridized carbons (Fsp3) is 0.235. The summed E-state index contributed by atoms with van der Waals surface area (Å²) in [6.07, 6.45) is 2.19. The van der Waals surface area contributed by atoms with Crippen molar-refractivity contribution >= 4 is 33.3 Å². The summed E-state index contributed by atoms with van der Waals surface area (Å²) in [4.78, 5) is 14.5. The van der Waals surface area contributed by atoms with E-state index in [9.17, 15) is 13.2 Å². The van der Waals surface area contributed by atoms with Gasteiger partial charge >= 0.3 is 0 Å². The van der Waals surface area contributed by atoms with E-state index >= 15 is 0 Å². The average Bonchev–Trinajstić information content (AvgIpc) is 3.21. The van der Waals surface area contributed by atoms with Crippen molar-refractivity contribution in [1.82, 2.24) is 4.72 Å². The number of rotatable bonds is 5. The Morgan fingerprint density at radius 1 is 1.22 bits per heavy atom. The molecule has 0 saturated heterocycles. The summed E-state index contributed by atoms with van der Waals surface area (Å²) < 4.78 is 26.1. The molecule has 2 atom stereocenters. The number of nitrogens with one attached hydrogen (secondary N) is 1. The van der Waals surface area contributed by atoms with Gasteiger partial charge in [-0.2, -0.15) is 0 Å². The van der Waals surface area contributed by atoms with E-state index < -0.39 is 15.9 Å². The Labute approximate surface area is 139 Å². The first-order valence-electron chi connectivity index (χ1n) is 7.31. The molecule has 0 aliphatic heterocycles. The van der Waals surface area contributed by atoms with Gasteiger partial charge in [-0.1, -0.05) is 30.3 Å². The van der Waals surface area contributed by atoms with Gasteiger partial charge < -0.3 is 0 Å². The molecule has 1 aromatic heterocycles. The SMILES string of the molecule is Cc1ccc(C2CC2C(=O)NS(=O)(=O)C=Cc2ccccc2)s1. The number of sulfonamides is 1. The van der Waals surface area contributed by atoms with Gasteiger partial charge in [0.2, 0.25) is 5.91 Å². The first-order valence-corrected chi connectivity index (χ1v) is 9.67. The smallest absolute Gasteiger partial charge is 0.257 e. The first-order chi connectivity index (χ1) is 10.9. The van der Waals surface area contributed by atoms with Crippen molar-refractivity contribution in [2.75, 3.05) is 0 Å². The fourth-order valence-electron chi connectivity index (χ4n) is 2.43. The summed E-state index contributed by atoms with van der Waals surface area (Å²) in [5.74, 6) is -0.506. The highest BCUT2D eigenvalue weighted by atomic mass is 32.2. The Kier molecular flexibility index (Phi) is 4.37. The quantitative estimate of drug-likeness (QED) is 0.903. The molecule has 1 aliphatic rings. The first kappa shape index (κ1) is 16.0. The third-order valence-corrected chi connectivity index (χ3v) is 5.85. The molecule has 0 spiro atoms. The molecule has 1 aromatic carbocycles. The highest BCUT2D eigenvalue weighted by Crippen LogP contribution is 2.49. The summed E-state index contributed by atoms with van der Waals surface area (Å²) in [7, 11) is -3.76. The Balaban J connectivity index is 1.60. The lowest BCUT2D eigenvalue weighted by atomic mass is 10.2. The molecule has 1 aliphatic carbocycles. The second-order valence-electron chi connectivity index (χ2n) is 5.62. The fourth-order valence-corrected chi connectivity index (χ4v) is 4.33. The lowest BCUT2D eigenvalue weighted by Gasteiger charge is -2.02. The molecule has 6 heteroatoms. The Hall–Kier alpha value is -1.92. The molecular weight excluding hydrogens is 330 g/mol. The maximum Gasteiger partial charge on any atom is 0.257 e. The summed E-state index contributed by atoms with van der Waals surface area (Å²) in [6.45, 7) is 2.02. The molecule has 3 rings (SSSR count). The number of amides is 1. The van der Waals surface area contributed by atoms with E-state index in [4.69, 9.17) is 0 Å². The van der Waals surface area contributed by atoms with E-state index in [1.165, 1.54) is 11.0 Å². The maximum atomic E-state index is 12.1. The number of aryl methyl sites for hydroxylation is 1. The predicted molar refractivity (Wildman–Crippen MR) is 92.4 cm³/mol. The van der Waals surface area contributed by atoms with Gasteiger partial charge in [0, 0.05) is 21.6 Å². The minimum absolute atomic E-state index is 0.155. The largest absolute Gasteiger partial charge is 0.274 e. The Morgan fingerprint density at radius 3 is 2.61 bits per heavy atom. The van der Waals surface area contributed by atoms with Crippen molar-refractivity contribution in [1.29, 1.82) is 0 Å². The van der Waals surface area contributed by atoms with Crippen LogP contribution in [0.4, 0.5) is 0 Å². The minimum Gasteiger partial charge on any atom is -0.274 e. The predicted octanol–water partition coefficient (Wildman–Crippen LogP) is 3.28. The van der Waals surface area contributed by atoms with Crippen LogP contribution in [0.25, 0.3) is 6.08 Å². The number of hydrogen-bond donors (Lipinski definition) is 1. The molecule has 0 radical (unpaired) electrons. The van der Waals surface area contributed by atoms with Crippen LogP contribution in [0.2, 0.25) is 0 Å². The molecule has 120 valence electrons. The summed E-state index contributed by atoms with van der Waals surface area (Å²) in [5.41, 5.74) is 0.767. The van der Waals surface area contributed by atoms with Crippen molar-refractivity contribution in [2.45, 2.75) is 19.3 Å². The number of thiophene rings is 1. The van der Waals surface area contributed by atoms with Crippen molar-refractivity contribution < 1.29 is 13.2 Å². The van der Waals surface area contributed by atoms with Crippen molar-refractivity contribution in [2.24, 2.45) is 5.92 Å². The molecule has 4 nitrogen and oxygen atoms in total. The van der Waals surface area contributed by atoms with Crippen LogP contribution >= 0.6 is 11.3 Å². The van der Waals surface area contributed by atoms with Gasteiger partial charge in [0.25, 0.3) is 10.0 Å². The molecule has 1 amide bonds. The molecule has 1 heterocycles. The zero-order chi connectivity index (χ0) is 16.4. The summed E-state index contributed by atoms with van der Waals surface area (Å²) >= 11 is 1.66. The second-order valence-corrected chi connectivity index (χ2v) is 8.51. The zero-order valence-electron chi connectivity index (χ0n) is 12.6. The summed E-state index contributed by atoms with van der Waals surface area (Å²) in [5, 5.41) is 1.03. The van der Waals surface area contributed by atoms with Crippen LogP contribution in [0.1, 0.15) is 27.7 Å². The van der Waals surface area contributed by atoms with Crippen LogP contribution < -0.4 is 4.72 Å². The lowest BCUT2D eigenvalue weighted by molar-refractivity contribution is -0.120. The Morgan fingerprint density at radius 2 is 1.96 bits per heavy atom. The maximum absolute atomic E-state index is 12.1. The monoisotopic (exact) mass is 347 g/mol. The van der Waals surface area contributed by atoms with Crippen LogP contribution in [-0.4, -0.2) is 14.3 Å². The summed E-state index contributed by atoms with van der Waals surface area (Å²) in [6, 6.07) is 13.1. The van der Waals surface area contributed by atoms with Crippen LogP contribution in [0, 0.1) is 12.8 Å². The van der Waals surface area contributed by atoms with E-state index in [-0.39, 0.29) is 11.8 Å². The topological polar surface area (TPSA) is 63.2 Å². The molecule has 1 saturated carbocycles. The highest BCUT2D eigenvalue weighted by molar-refractivity contribution is 7.93. The number of carbonyl (C=O) groups is 1. The van der Waals surface area contributed by atoms with E-state index in [1.807, 2.05) is 37.3 Å². The van der Waals surface area contributed by atoms with Gasteiger partial charge in [0.1, 0.15) is 0 Å². The van der Waals surface area contributed by atoms with Crippen LogP contribution in [0.3, 0.4) is 0 Å². The van der Waals surface area contributed by atoms with Gasteiger partial charge in [-0.25, -0.2) is 13.1 Å². The van der Waals surface area contributed by atoms with Gasteiger partial charge in [-0.3, -0.25) is 4.79 Å². The number of hydrogen-bond acceptors (Lipinski definition) is 4. The zero-order valence-corrected chi connectivity index (χ0v) is 14.2.